The molecule has 0 aliphatic heterocycles. The third-order valence-electron chi connectivity index (χ3n) is 5.60. The normalized spacial score (nSPS) is 11.0. The summed E-state index contributed by atoms with van der Waals surface area (Å²) in [7, 11) is 1.40. The van der Waals surface area contributed by atoms with E-state index in [4.69, 9.17) is 14.2 Å². The van der Waals surface area contributed by atoms with E-state index < -0.39 is 23.9 Å². The molecule has 0 aliphatic carbocycles. The fraction of sp³-hybridized carbons (Fsp3) is 0.391. The lowest BCUT2D eigenvalue weighted by molar-refractivity contribution is -0.0126. The molecule has 0 aliphatic rings. The van der Waals surface area contributed by atoms with Crippen molar-refractivity contribution < 1.29 is 37.7 Å². The number of carbonyl (C=O) groups is 2. The highest BCUT2D eigenvalue weighted by atomic mass is 19.3. The molecule has 2 aromatic rings. The van der Waals surface area contributed by atoms with Crippen LogP contribution in [0.3, 0.4) is 0 Å². The number of phenols is 1. The molecule has 0 bridgehead atoms. The Labute approximate surface area is 179 Å². The average Bonchev–Trinajstić information content (AvgIpc) is 2.71. The first-order chi connectivity index (χ1) is 14.4. The van der Waals surface area contributed by atoms with Crippen LogP contribution in [0.2, 0.25) is 0 Å². The molecule has 2 rings (SSSR count). The Morgan fingerprint density at radius 2 is 1.39 bits per heavy atom. The molecule has 0 saturated carbocycles. The van der Waals surface area contributed by atoms with Crippen LogP contribution in [0.5, 0.6) is 11.5 Å². The second-order valence-corrected chi connectivity index (χ2v) is 7.34. The van der Waals surface area contributed by atoms with Gasteiger partial charge in [0.15, 0.2) is 6.79 Å². The Balaban J connectivity index is 2.57. The second-order valence-electron chi connectivity index (χ2n) is 7.34. The number of phenolic OH excluding ortho intramolecular Hbond substituents is 1. The van der Waals surface area contributed by atoms with Gasteiger partial charge < -0.3 is 19.3 Å². The van der Waals surface area contributed by atoms with E-state index in [2.05, 4.69) is 0 Å². The number of benzene rings is 2. The third kappa shape index (κ3) is 4.54. The summed E-state index contributed by atoms with van der Waals surface area (Å²) in [5.74, 6) is -1.67. The number of hydrogen-bond donors (Lipinski definition) is 1. The largest absolute Gasteiger partial charge is 0.508 e. The van der Waals surface area contributed by atoms with Gasteiger partial charge in [0.05, 0.1) is 11.1 Å². The van der Waals surface area contributed by atoms with E-state index in [0.717, 1.165) is 6.07 Å². The van der Waals surface area contributed by atoms with Crippen LogP contribution in [0.1, 0.15) is 66.1 Å². The molecule has 0 atom stereocenters. The predicted octanol–water partition coefficient (Wildman–Crippen LogP) is 5.16. The maximum absolute atomic E-state index is 13.6. The SMILES string of the molecule is COCOC(=O)c1c(C)c(C)c(OC(=O)c2c(C(F)F)cc(O)c(C)c2C)c(C)c1C. The number of alkyl halides is 2. The van der Waals surface area contributed by atoms with Crippen LogP contribution in [0.15, 0.2) is 6.07 Å². The van der Waals surface area contributed by atoms with E-state index in [1.165, 1.54) is 21.0 Å². The fourth-order valence-electron chi connectivity index (χ4n) is 3.43. The van der Waals surface area contributed by atoms with Gasteiger partial charge in [-0.15, -0.1) is 0 Å². The van der Waals surface area contributed by atoms with Crippen molar-refractivity contribution in [2.45, 2.75) is 48.0 Å². The Morgan fingerprint density at radius 3 is 1.87 bits per heavy atom. The third-order valence-corrected chi connectivity index (χ3v) is 5.60. The Morgan fingerprint density at radius 1 is 0.871 bits per heavy atom. The van der Waals surface area contributed by atoms with Gasteiger partial charge >= 0.3 is 11.9 Å². The van der Waals surface area contributed by atoms with Crippen LogP contribution in [-0.4, -0.2) is 30.9 Å². The van der Waals surface area contributed by atoms with Crippen molar-refractivity contribution in [3.63, 3.8) is 0 Å². The molecule has 168 valence electrons. The molecular formula is C23H26F2O6. The molecule has 0 spiro atoms. The van der Waals surface area contributed by atoms with Gasteiger partial charge in [0, 0.05) is 12.7 Å². The summed E-state index contributed by atoms with van der Waals surface area (Å²) in [4.78, 5) is 25.4. The van der Waals surface area contributed by atoms with Crippen molar-refractivity contribution in [3.8, 4) is 11.5 Å². The lowest BCUT2D eigenvalue weighted by atomic mass is 9.92. The molecule has 0 amide bonds. The first kappa shape index (κ1) is 24.3. The Kier molecular flexibility index (Phi) is 7.38. The van der Waals surface area contributed by atoms with Crippen LogP contribution in [0.4, 0.5) is 8.78 Å². The summed E-state index contributed by atoms with van der Waals surface area (Å²) in [5, 5.41) is 9.89. The number of methoxy groups -OCH3 is 1. The number of ether oxygens (including phenoxy) is 3. The molecule has 1 N–H and O–H groups in total. The van der Waals surface area contributed by atoms with Crippen LogP contribution < -0.4 is 4.74 Å². The maximum Gasteiger partial charge on any atom is 0.344 e. The first-order valence-corrected chi connectivity index (χ1v) is 9.53. The summed E-state index contributed by atoms with van der Waals surface area (Å²) in [6.07, 6.45) is -2.98. The summed E-state index contributed by atoms with van der Waals surface area (Å²) < 4.78 is 42.5. The van der Waals surface area contributed by atoms with Crippen molar-refractivity contribution in [1.29, 1.82) is 0 Å². The van der Waals surface area contributed by atoms with E-state index in [0.29, 0.717) is 33.4 Å². The zero-order valence-corrected chi connectivity index (χ0v) is 18.6. The van der Waals surface area contributed by atoms with E-state index in [9.17, 15) is 23.5 Å². The van der Waals surface area contributed by atoms with Crippen molar-refractivity contribution in [2.24, 2.45) is 0 Å². The van der Waals surface area contributed by atoms with E-state index in [1.54, 1.807) is 27.7 Å². The van der Waals surface area contributed by atoms with E-state index >= 15 is 0 Å². The lowest BCUT2D eigenvalue weighted by Crippen LogP contribution is -2.18. The molecular weight excluding hydrogens is 410 g/mol. The molecule has 6 nitrogen and oxygen atoms in total. The standard InChI is InChI=1S/C23H26F2O6/c1-10-11(2)19(16(21(24)25)8-17(10)26)23(28)31-20-14(5)12(3)18(13(4)15(20)6)22(27)30-9-29-7/h8,21,26H,9H2,1-7H3. The summed E-state index contributed by atoms with van der Waals surface area (Å²) in [5.41, 5.74) is 2.06. The number of carbonyl (C=O) groups excluding carboxylic acids is 2. The van der Waals surface area contributed by atoms with Gasteiger partial charge in [-0.25, -0.2) is 18.4 Å². The average molecular weight is 436 g/mol. The molecule has 0 aromatic heterocycles. The minimum atomic E-state index is -2.98. The van der Waals surface area contributed by atoms with Gasteiger partial charge in [0.1, 0.15) is 11.5 Å². The predicted molar refractivity (Wildman–Crippen MR) is 110 cm³/mol. The number of aromatic hydroxyl groups is 1. The van der Waals surface area contributed by atoms with Crippen LogP contribution in [0.25, 0.3) is 0 Å². The zero-order valence-electron chi connectivity index (χ0n) is 18.6. The second kappa shape index (κ2) is 9.43. The van der Waals surface area contributed by atoms with Gasteiger partial charge in [-0.05, 0) is 81.0 Å². The molecule has 31 heavy (non-hydrogen) atoms. The number of esters is 2. The first-order valence-electron chi connectivity index (χ1n) is 9.53. The topological polar surface area (TPSA) is 82.1 Å². The molecule has 0 heterocycles. The summed E-state index contributed by atoms with van der Waals surface area (Å²) in [6.45, 7) is 9.50. The molecule has 2 aromatic carbocycles. The summed E-state index contributed by atoms with van der Waals surface area (Å²) in [6, 6.07) is 0.884. The van der Waals surface area contributed by atoms with E-state index in [1.807, 2.05) is 0 Å². The van der Waals surface area contributed by atoms with Crippen LogP contribution >= 0.6 is 0 Å². The molecule has 8 heteroatoms. The monoisotopic (exact) mass is 436 g/mol. The Hall–Kier alpha value is -3.00. The van der Waals surface area contributed by atoms with Gasteiger partial charge in [-0.1, -0.05) is 0 Å². The van der Waals surface area contributed by atoms with Gasteiger partial charge in [0.25, 0.3) is 6.43 Å². The molecule has 0 unspecified atom stereocenters. The van der Waals surface area contributed by atoms with Crippen molar-refractivity contribution >= 4 is 11.9 Å². The maximum atomic E-state index is 13.6. The van der Waals surface area contributed by atoms with Crippen LogP contribution in [0, 0.1) is 41.5 Å². The zero-order chi connectivity index (χ0) is 23.6. The van der Waals surface area contributed by atoms with Crippen molar-refractivity contribution in [2.75, 3.05) is 13.9 Å². The van der Waals surface area contributed by atoms with Crippen LogP contribution in [-0.2, 0) is 9.47 Å². The van der Waals surface area contributed by atoms with Gasteiger partial charge in [0.2, 0.25) is 0 Å². The molecule has 0 radical (unpaired) electrons. The number of hydrogen-bond acceptors (Lipinski definition) is 6. The quantitative estimate of drug-likeness (QED) is 0.383. The number of halogens is 2. The van der Waals surface area contributed by atoms with Gasteiger partial charge in [-0.3, -0.25) is 0 Å². The van der Waals surface area contributed by atoms with Gasteiger partial charge in [-0.2, -0.15) is 0 Å². The van der Waals surface area contributed by atoms with E-state index in [-0.39, 0.29) is 29.4 Å². The number of rotatable bonds is 6. The highest BCUT2D eigenvalue weighted by Gasteiger charge is 2.28. The summed E-state index contributed by atoms with van der Waals surface area (Å²) >= 11 is 0. The fourth-order valence-corrected chi connectivity index (χ4v) is 3.43. The Bertz CT molecular complexity index is 1010. The van der Waals surface area contributed by atoms with Crippen molar-refractivity contribution in [3.05, 3.63) is 56.1 Å². The molecule has 0 saturated heterocycles. The lowest BCUT2D eigenvalue weighted by Gasteiger charge is -2.20. The minimum absolute atomic E-state index is 0.189. The minimum Gasteiger partial charge on any atom is -0.508 e. The highest BCUT2D eigenvalue weighted by Crippen LogP contribution is 2.36. The van der Waals surface area contributed by atoms with Crippen molar-refractivity contribution in [1.82, 2.24) is 0 Å². The molecule has 0 fully saturated rings. The smallest absolute Gasteiger partial charge is 0.344 e. The highest BCUT2D eigenvalue weighted by molar-refractivity contribution is 5.97.